The average Bonchev–Trinajstić information content (AvgIpc) is 2.97. The van der Waals surface area contributed by atoms with E-state index in [0.29, 0.717) is 13.0 Å². The van der Waals surface area contributed by atoms with Gasteiger partial charge in [0.2, 0.25) is 0 Å². The highest BCUT2D eigenvalue weighted by atomic mass is 15.5. The molecule has 6 heteroatoms. The molecule has 6 nitrogen and oxygen atoms in total. The van der Waals surface area contributed by atoms with E-state index < -0.39 is 0 Å². The van der Waals surface area contributed by atoms with E-state index >= 15 is 0 Å². The Hall–Kier alpha value is -1.95. The van der Waals surface area contributed by atoms with Crippen molar-refractivity contribution in [1.82, 2.24) is 20.2 Å². The molecule has 0 amide bonds. The molecule has 3 rings (SSSR count). The number of piperidine rings is 1. The summed E-state index contributed by atoms with van der Waals surface area (Å²) in [5.41, 5.74) is 7.84. The molecule has 1 fully saturated rings. The van der Waals surface area contributed by atoms with Gasteiger partial charge in [0.05, 0.1) is 5.69 Å². The van der Waals surface area contributed by atoms with Gasteiger partial charge in [-0.05, 0) is 60.5 Å². The van der Waals surface area contributed by atoms with Gasteiger partial charge in [0, 0.05) is 25.2 Å². The standard InChI is InChI=1S/C14H20N6/c15-9-8-14-16-17-18-20(14)13-6-4-12(5-7-13)19-10-2-1-3-11-19/h4-7H,1-3,8-11,15H2. The minimum atomic E-state index is 0.548. The fourth-order valence-corrected chi connectivity index (χ4v) is 2.65. The molecule has 2 N–H and O–H groups in total. The summed E-state index contributed by atoms with van der Waals surface area (Å²) in [4.78, 5) is 2.44. The van der Waals surface area contributed by atoms with E-state index in [1.807, 2.05) is 0 Å². The summed E-state index contributed by atoms with van der Waals surface area (Å²) in [6.07, 6.45) is 4.60. The smallest absolute Gasteiger partial charge is 0.157 e. The lowest BCUT2D eigenvalue weighted by molar-refractivity contribution is 0.578. The summed E-state index contributed by atoms with van der Waals surface area (Å²) in [5.74, 6) is 0.804. The number of aromatic nitrogens is 4. The van der Waals surface area contributed by atoms with Gasteiger partial charge in [-0.2, -0.15) is 4.68 Å². The Labute approximate surface area is 118 Å². The van der Waals surface area contributed by atoms with Crippen LogP contribution >= 0.6 is 0 Å². The number of anilines is 1. The van der Waals surface area contributed by atoms with Crippen molar-refractivity contribution in [3.8, 4) is 5.69 Å². The Bertz CT molecular complexity index is 541. The predicted octanol–water partition coefficient (Wildman–Crippen LogP) is 1.15. The maximum atomic E-state index is 5.57. The third-order valence-corrected chi connectivity index (χ3v) is 3.72. The molecule has 0 spiro atoms. The highest BCUT2D eigenvalue weighted by Gasteiger charge is 2.12. The van der Waals surface area contributed by atoms with E-state index in [4.69, 9.17) is 5.73 Å². The van der Waals surface area contributed by atoms with E-state index in [1.165, 1.54) is 24.9 Å². The summed E-state index contributed by atoms with van der Waals surface area (Å²) < 4.78 is 1.76. The lowest BCUT2D eigenvalue weighted by Gasteiger charge is -2.28. The number of nitrogens with zero attached hydrogens (tertiary/aromatic N) is 5. The minimum Gasteiger partial charge on any atom is -0.372 e. The number of tetrazole rings is 1. The largest absolute Gasteiger partial charge is 0.372 e. The van der Waals surface area contributed by atoms with Crippen molar-refractivity contribution < 1.29 is 0 Å². The van der Waals surface area contributed by atoms with Crippen molar-refractivity contribution in [3.05, 3.63) is 30.1 Å². The van der Waals surface area contributed by atoms with Crippen LogP contribution in [0.25, 0.3) is 5.69 Å². The molecule has 0 unspecified atom stereocenters. The summed E-state index contributed by atoms with van der Waals surface area (Å²) >= 11 is 0. The molecule has 1 saturated heterocycles. The van der Waals surface area contributed by atoms with Crippen LogP contribution in [0.4, 0.5) is 5.69 Å². The zero-order valence-corrected chi connectivity index (χ0v) is 11.6. The van der Waals surface area contributed by atoms with Gasteiger partial charge in [-0.15, -0.1) is 5.10 Å². The molecule has 1 aliphatic rings. The summed E-state index contributed by atoms with van der Waals surface area (Å²) in [5, 5.41) is 11.8. The fourth-order valence-electron chi connectivity index (χ4n) is 2.65. The quantitative estimate of drug-likeness (QED) is 0.904. The summed E-state index contributed by atoms with van der Waals surface area (Å²) in [7, 11) is 0. The maximum Gasteiger partial charge on any atom is 0.157 e. The van der Waals surface area contributed by atoms with Crippen molar-refractivity contribution in [2.45, 2.75) is 25.7 Å². The van der Waals surface area contributed by atoms with Crippen LogP contribution in [0.2, 0.25) is 0 Å². The van der Waals surface area contributed by atoms with Crippen LogP contribution in [0.5, 0.6) is 0 Å². The first-order valence-corrected chi connectivity index (χ1v) is 7.21. The van der Waals surface area contributed by atoms with E-state index in [-0.39, 0.29) is 0 Å². The van der Waals surface area contributed by atoms with Crippen LogP contribution in [0.1, 0.15) is 25.1 Å². The number of nitrogens with two attached hydrogens (primary N) is 1. The van der Waals surface area contributed by atoms with Gasteiger partial charge >= 0.3 is 0 Å². The zero-order chi connectivity index (χ0) is 13.8. The molecule has 1 aromatic heterocycles. The Morgan fingerprint density at radius 2 is 1.70 bits per heavy atom. The number of hydrogen-bond acceptors (Lipinski definition) is 5. The molecular formula is C14H20N6. The molecule has 2 heterocycles. The van der Waals surface area contributed by atoms with Crippen LogP contribution < -0.4 is 10.6 Å². The van der Waals surface area contributed by atoms with Gasteiger partial charge in [0.15, 0.2) is 5.82 Å². The molecule has 106 valence electrons. The number of hydrogen-bond donors (Lipinski definition) is 1. The maximum absolute atomic E-state index is 5.57. The van der Waals surface area contributed by atoms with Crippen LogP contribution in [0, 0.1) is 0 Å². The van der Waals surface area contributed by atoms with Crippen LogP contribution in [-0.4, -0.2) is 39.8 Å². The van der Waals surface area contributed by atoms with Gasteiger partial charge < -0.3 is 10.6 Å². The van der Waals surface area contributed by atoms with Crippen LogP contribution in [-0.2, 0) is 6.42 Å². The molecule has 1 aliphatic heterocycles. The Morgan fingerprint density at radius 3 is 2.40 bits per heavy atom. The normalized spacial score (nSPS) is 15.6. The topological polar surface area (TPSA) is 72.9 Å². The third kappa shape index (κ3) is 2.65. The van der Waals surface area contributed by atoms with Crippen molar-refractivity contribution in [2.75, 3.05) is 24.5 Å². The molecule has 0 radical (unpaired) electrons. The van der Waals surface area contributed by atoms with Crippen molar-refractivity contribution in [1.29, 1.82) is 0 Å². The molecule has 0 aliphatic carbocycles. The summed E-state index contributed by atoms with van der Waals surface area (Å²) in [6, 6.07) is 8.43. The molecule has 0 atom stereocenters. The van der Waals surface area contributed by atoms with Gasteiger partial charge in [-0.25, -0.2) is 0 Å². The van der Waals surface area contributed by atoms with Gasteiger partial charge in [0.1, 0.15) is 0 Å². The first kappa shape index (κ1) is 13.1. The van der Waals surface area contributed by atoms with Gasteiger partial charge in [-0.1, -0.05) is 0 Å². The van der Waals surface area contributed by atoms with Crippen LogP contribution in [0.3, 0.4) is 0 Å². The van der Waals surface area contributed by atoms with Gasteiger partial charge in [0.25, 0.3) is 0 Å². The lowest BCUT2D eigenvalue weighted by Crippen LogP contribution is -2.29. The zero-order valence-electron chi connectivity index (χ0n) is 11.6. The molecule has 2 aromatic rings. The first-order chi connectivity index (χ1) is 9.88. The number of rotatable bonds is 4. The van der Waals surface area contributed by atoms with E-state index in [2.05, 4.69) is 44.7 Å². The van der Waals surface area contributed by atoms with Crippen molar-refractivity contribution in [3.63, 3.8) is 0 Å². The minimum absolute atomic E-state index is 0.548. The van der Waals surface area contributed by atoms with E-state index in [9.17, 15) is 0 Å². The van der Waals surface area contributed by atoms with Crippen molar-refractivity contribution >= 4 is 5.69 Å². The van der Waals surface area contributed by atoms with Gasteiger partial charge in [-0.3, -0.25) is 0 Å². The second kappa shape index (κ2) is 6.00. The Kier molecular flexibility index (Phi) is 3.92. The molecule has 20 heavy (non-hydrogen) atoms. The molecule has 1 aromatic carbocycles. The Morgan fingerprint density at radius 1 is 1.00 bits per heavy atom. The predicted molar refractivity (Wildman–Crippen MR) is 78.0 cm³/mol. The SMILES string of the molecule is NCCc1nnnn1-c1ccc(N2CCCCC2)cc1. The number of benzene rings is 1. The fraction of sp³-hybridized carbons (Fsp3) is 0.500. The molecule has 0 bridgehead atoms. The van der Waals surface area contributed by atoms with E-state index in [0.717, 1.165) is 24.6 Å². The summed E-state index contributed by atoms with van der Waals surface area (Å²) in [6.45, 7) is 2.86. The highest BCUT2D eigenvalue weighted by molar-refractivity contribution is 5.51. The van der Waals surface area contributed by atoms with E-state index in [1.54, 1.807) is 4.68 Å². The average molecular weight is 272 g/mol. The lowest BCUT2D eigenvalue weighted by atomic mass is 10.1. The second-order valence-corrected chi connectivity index (χ2v) is 5.11. The van der Waals surface area contributed by atoms with Crippen molar-refractivity contribution in [2.24, 2.45) is 5.73 Å². The van der Waals surface area contributed by atoms with Crippen LogP contribution in [0.15, 0.2) is 24.3 Å². The molecule has 0 saturated carbocycles. The first-order valence-electron chi connectivity index (χ1n) is 7.21. The molecular weight excluding hydrogens is 252 g/mol. The highest BCUT2D eigenvalue weighted by Crippen LogP contribution is 2.21. The monoisotopic (exact) mass is 272 g/mol. The Balaban J connectivity index is 1.79. The third-order valence-electron chi connectivity index (χ3n) is 3.72. The second-order valence-electron chi connectivity index (χ2n) is 5.11.